The molecule has 20 heavy (non-hydrogen) atoms. The molecule has 1 unspecified atom stereocenters. The van der Waals surface area contributed by atoms with Crippen LogP contribution < -0.4 is 9.67 Å². The van der Waals surface area contributed by atoms with Gasteiger partial charge in [-0.2, -0.15) is 0 Å². The molecule has 3 rings (SSSR count). The second-order valence-electron chi connectivity index (χ2n) is 4.82. The molecule has 1 atom stereocenters. The predicted molar refractivity (Wildman–Crippen MR) is 87.4 cm³/mol. The molecule has 0 bridgehead atoms. The molecule has 1 fully saturated rings. The van der Waals surface area contributed by atoms with E-state index in [0.717, 1.165) is 16.1 Å². The van der Waals surface area contributed by atoms with Crippen LogP contribution in [0.25, 0.3) is 11.4 Å². The molecular formula is C15H19AsClN3. The molecule has 1 N–H and O–H groups in total. The van der Waals surface area contributed by atoms with Gasteiger partial charge in [0, 0.05) is 0 Å². The zero-order valence-corrected chi connectivity index (χ0v) is 14.2. The molecular weight excluding hydrogens is 333 g/mol. The van der Waals surface area contributed by atoms with Crippen molar-refractivity contribution in [3.05, 3.63) is 42.7 Å². The quantitative estimate of drug-likeness (QED) is 0.857. The Morgan fingerprint density at radius 1 is 1.00 bits per heavy atom. The molecule has 0 radical (unpaired) electrons. The van der Waals surface area contributed by atoms with Gasteiger partial charge >= 0.3 is 120 Å². The molecule has 1 aromatic carbocycles. The van der Waals surface area contributed by atoms with Crippen LogP contribution in [0.1, 0.15) is 12.8 Å². The molecule has 1 aromatic heterocycles. The fraction of sp³-hybridized carbons (Fsp3) is 0.333. The van der Waals surface area contributed by atoms with Gasteiger partial charge in [0.25, 0.3) is 0 Å². The zero-order chi connectivity index (χ0) is 12.9. The van der Waals surface area contributed by atoms with Crippen molar-refractivity contribution in [3.63, 3.8) is 0 Å². The Balaban J connectivity index is 0.00000147. The van der Waals surface area contributed by atoms with Crippen LogP contribution in [0.3, 0.4) is 0 Å². The molecule has 106 valence electrons. The van der Waals surface area contributed by atoms with E-state index in [4.69, 9.17) is 0 Å². The summed E-state index contributed by atoms with van der Waals surface area (Å²) >= 11 is -0.00125. The zero-order valence-electron chi connectivity index (χ0n) is 11.2. The fourth-order valence-corrected chi connectivity index (χ4v) is 5.32. The summed E-state index contributed by atoms with van der Waals surface area (Å²) in [6.45, 7) is 2.40. The first-order valence-corrected chi connectivity index (χ1v) is 9.02. The molecule has 5 heteroatoms. The van der Waals surface area contributed by atoms with Crippen LogP contribution in [0.4, 0.5) is 0 Å². The van der Waals surface area contributed by atoms with Gasteiger partial charge < -0.3 is 0 Å². The number of halogens is 1. The third-order valence-corrected chi connectivity index (χ3v) is 6.89. The second-order valence-corrected chi connectivity index (χ2v) is 8.35. The van der Waals surface area contributed by atoms with E-state index in [2.05, 4.69) is 39.6 Å². The Kier molecular flexibility index (Phi) is 6.02. The molecule has 2 aromatic rings. The van der Waals surface area contributed by atoms with Crippen molar-refractivity contribution in [3.8, 4) is 11.4 Å². The molecule has 1 aliphatic heterocycles. The Labute approximate surface area is 132 Å². The van der Waals surface area contributed by atoms with E-state index < -0.39 is 0 Å². The van der Waals surface area contributed by atoms with Crippen molar-refractivity contribution < 1.29 is 0 Å². The molecule has 1 saturated heterocycles. The molecule has 3 nitrogen and oxygen atoms in total. The van der Waals surface area contributed by atoms with E-state index in [0.29, 0.717) is 0 Å². The number of rotatable bonds is 3. The minimum atomic E-state index is -0.00125. The monoisotopic (exact) mass is 351 g/mol. The number of benzene rings is 1. The third kappa shape index (κ3) is 4.05. The van der Waals surface area contributed by atoms with E-state index in [1.54, 1.807) is 16.7 Å². The Morgan fingerprint density at radius 2 is 1.65 bits per heavy atom. The van der Waals surface area contributed by atoms with Gasteiger partial charge in [-0.05, 0) is 0 Å². The fourth-order valence-electron chi connectivity index (χ4n) is 2.37. The van der Waals surface area contributed by atoms with Crippen molar-refractivity contribution in [1.29, 1.82) is 0 Å². The standard InChI is InChI=1S/C15H18AsN3.ClH/c1-8-18-15(19-9-1)12-2-4-13(5-3-12)16-14-6-10-17-11-7-14;/h1-5,8-9,14,16-17H,6-7,10-11H2;1H. The van der Waals surface area contributed by atoms with Crippen LogP contribution in [0, 0.1) is 0 Å². The Hall–Kier alpha value is -0.892. The van der Waals surface area contributed by atoms with Gasteiger partial charge in [-0.3, -0.25) is 0 Å². The van der Waals surface area contributed by atoms with Crippen molar-refractivity contribution in [2.45, 2.75) is 17.5 Å². The summed E-state index contributed by atoms with van der Waals surface area (Å²) in [7, 11) is 0. The molecule has 1 aliphatic rings. The van der Waals surface area contributed by atoms with E-state index >= 15 is 0 Å². The second kappa shape index (κ2) is 7.78. The van der Waals surface area contributed by atoms with Gasteiger partial charge in [0.15, 0.2) is 0 Å². The van der Waals surface area contributed by atoms with Gasteiger partial charge in [0.2, 0.25) is 0 Å². The van der Waals surface area contributed by atoms with Gasteiger partial charge in [-0.25, -0.2) is 0 Å². The number of hydrogen-bond acceptors (Lipinski definition) is 3. The van der Waals surface area contributed by atoms with Gasteiger partial charge in [0.1, 0.15) is 0 Å². The molecule has 0 amide bonds. The van der Waals surface area contributed by atoms with Crippen LogP contribution in [0.2, 0.25) is 4.71 Å². The molecule has 0 aliphatic carbocycles. The van der Waals surface area contributed by atoms with E-state index in [-0.39, 0.29) is 28.2 Å². The third-order valence-electron chi connectivity index (χ3n) is 3.42. The summed E-state index contributed by atoms with van der Waals surface area (Å²) in [5.74, 6) is 0.816. The van der Waals surface area contributed by atoms with E-state index in [1.165, 1.54) is 25.9 Å². The van der Waals surface area contributed by atoms with Gasteiger partial charge in [-0.1, -0.05) is 0 Å². The number of nitrogens with zero attached hydrogens (tertiary/aromatic N) is 2. The number of hydrogen-bond donors (Lipinski definition) is 1. The predicted octanol–water partition coefficient (Wildman–Crippen LogP) is 1.80. The SMILES string of the molecule is Cl.c1cnc(-c2ccc([AsH]C3CCNCC3)cc2)nc1. The average molecular weight is 352 g/mol. The first-order chi connectivity index (χ1) is 9.42. The van der Waals surface area contributed by atoms with Gasteiger partial charge in [-0.15, -0.1) is 12.4 Å². The first-order valence-electron chi connectivity index (χ1n) is 6.76. The van der Waals surface area contributed by atoms with E-state index in [1.807, 2.05) is 6.07 Å². The number of nitrogens with one attached hydrogen (secondary N) is 1. The summed E-state index contributed by atoms with van der Waals surface area (Å²) in [6.07, 6.45) is 6.28. The summed E-state index contributed by atoms with van der Waals surface area (Å²) in [5, 5.41) is 3.43. The maximum atomic E-state index is 4.29. The first kappa shape index (κ1) is 15.5. The van der Waals surface area contributed by atoms with Crippen LogP contribution >= 0.6 is 12.4 Å². The molecule has 2 heterocycles. The summed E-state index contributed by atoms with van der Waals surface area (Å²) in [4.78, 5) is 8.57. The summed E-state index contributed by atoms with van der Waals surface area (Å²) in [5.41, 5.74) is 1.11. The Bertz CT molecular complexity index is 512. The molecule has 0 saturated carbocycles. The summed E-state index contributed by atoms with van der Waals surface area (Å²) in [6, 6.07) is 10.7. The van der Waals surface area contributed by atoms with Crippen LogP contribution in [0.5, 0.6) is 0 Å². The minimum absolute atomic E-state index is 0. The van der Waals surface area contributed by atoms with Crippen molar-refractivity contribution >= 4 is 32.5 Å². The normalized spacial score (nSPS) is 16.2. The van der Waals surface area contributed by atoms with E-state index in [9.17, 15) is 0 Å². The van der Waals surface area contributed by atoms with Crippen LogP contribution in [0.15, 0.2) is 42.7 Å². The number of piperidine rings is 1. The van der Waals surface area contributed by atoms with Crippen molar-refractivity contribution in [2.24, 2.45) is 0 Å². The van der Waals surface area contributed by atoms with Crippen LogP contribution in [-0.4, -0.2) is 38.8 Å². The maximum absolute atomic E-state index is 4.29. The average Bonchev–Trinajstić information content (AvgIpc) is 2.50. The van der Waals surface area contributed by atoms with Crippen molar-refractivity contribution in [2.75, 3.05) is 13.1 Å². The number of aromatic nitrogens is 2. The van der Waals surface area contributed by atoms with Crippen LogP contribution in [-0.2, 0) is 0 Å². The van der Waals surface area contributed by atoms with Gasteiger partial charge in [0.05, 0.1) is 0 Å². The Morgan fingerprint density at radius 3 is 2.30 bits per heavy atom. The van der Waals surface area contributed by atoms with Crippen molar-refractivity contribution in [1.82, 2.24) is 15.3 Å². The molecule has 0 spiro atoms. The topological polar surface area (TPSA) is 37.8 Å². The summed E-state index contributed by atoms with van der Waals surface area (Å²) < 4.78 is 2.51.